The number of amides is 1. The highest BCUT2D eigenvalue weighted by Gasteiger charge is 2.53. The Hall–Kier alpha value is -1.72. The Kier molecular flexibility index (Phi) is 4.63. The molecule has 3 aliphatic rings. The fourth-order valence-corrected chi connectivity index (χ4v) is 5.61. The zero-order chi connectivity index (χ0) is 19.3. The highest BCUT2D eigenvalue weighted by molar-refractivity contribution is 5.78. The summed E-state index contributed by atoms with van der Waals surface area (Å²) in [5.74, 6) is 1.76. The lowest BCUT2D eigenvalue weighted by molar-refractivity contribution is -0.141. The molecule has 1 aromatic carbocycles. The van der Waals surface area contributed by atoms with Crippen LogP contribution in [0.1, 0.15) is 51.5 Å². The number of nitrogens with zero attached hydrogens (tertiary/aromatic N) is 1. The van der Waals surface area contributed by atoms with Crippen molar-refractivity contribution in [2.75, 3.05) is 5.32 Å². The molecular weight excluding hydrogens is 353 g/mol. The van der Waals surface area contributed by atoms with Gasteiger partial charge in [-0.3, -0.25) is 4.79 Å². The second-order valence-electron chi connectivity index (χ2n) is 8.79. The zero-order valence-electron chi connectivity index (χ0n) is 15.8. The molecule has 2 saturated heterocycles. The van der Waals surface area contributed by atoms with Gasteiger partial charge in [0.15, 0.2) is 0 Å². The van der Waals surface area contributed by atoms with Crippen molar-refractivity contribution < 1.29 is 18.0 Å². The molecule has 5 atom stereocenters. The Morgan fingerprint density at radius 3 is 2.37 bits per heavy atom. The van der Waals surface area contributed by atoms with Gasteiger partial charge in [-0.1, -0.05) is 13.8 Å². The number of rotatable bonds is 3. The Labute approximate surface area is 158 Å². The fourth-order valence-electron chi connectivity index (χ4n) is 5.61. The summed E-state index contributed by atoms with van der Waals surface area (Å²) in [5.41, 5.74) is 0.127. The zero-order valence-corrected chi connectivity index (χ0v) is 15.8. The number of anilines is 1. The van der Waals surface area contributed by atoms with Gasteiger partial charge in [-0.05, 0) is 67.7 Å². The molecule has 2 unspecified atom stereocenters. The maximum atomic E-state index is 12.7. The Balaban J connectivity index is 1.48. The molecule has 3 fully saturated rings. The molecule has 2 aliphatic heterocycles. The minimum Gasteiger partial charge on any atom is -0.382 e. The molecule has 0 spiro atoms. The van der Waals surface area contributed by atoms with Crippen LogP contribution in [0.25, 0.3) is 0 Å². The van der Waals surface area contributed by atoms with Crippen molar-refractivity contribution >= 4 is 11.6 Å². The SMILES string of the molecule is CC(C)[C@H]1CC2C[C@H](Nc3ccc(C(F)(F)F)cc3)C[C@H]3CCC(=O)N1C23. The first-order valence-electron chi connectivity index (χ1n) is 9.99. The van der Waals surface area contributed by atoms with Crippen LogP contribution in [-0.2, 0) is 11.0 Å². The van der Waals surface area contributed by atoms with Gasteiger partial charge in [0.1, 0.15) is 0 Å². The van der Waals surface area contributed by atoms with E-state index >= 15 is 0 Å². The second kappa shape index (κ2) is 6.71. The molecule has 3 nitrogen and oxygen atoms in total. The van der Waals surface area contributed by atoms with E-state index in [1.807, 2.05) is 0 Å². The molecule has 148 valence electrons. The molecule has 6 heteroatoms. The van der Waals surface area contributed by atoms with Crippen molar-refractivity contribution in [3.63, 3.8) is 0 Å². The first-order chi connectivity index (χ1) is 12.7. The van der Waals surface area contributed by atoms with Gasteiger partial charge < -0.3 is 10.2 Å². The van der Waals surface area contributed by atoms with Crippen molar-refractivity contribution in [1.29, 1.82) is 0 Å². The highest BCUT2D eigenvalue weighted by atomic mass is 19.4. The largest absolute Gasteiger partial charge is 0.416 e. The predicted octanol–water partition coefficient (Wildman–Crippen LogP) is 4.93. The average molecular weight is 380 g/mol. The summed E-state index contributed by atoms with van der Waals surface area (Å²) in [6, 6.07) is 6.28. The van der Waals surface area contributed by atoms with Gasteiger partial charge in [0.25, 0.3) is 0 Å². The second-order valence-corrected chi connectivity index (χ2v) is 8.79. The van der Waals surface area contributed by atoms with Crippen molar-refractivity contribution in [3.05, 3.63) is 29.8 Å². The molecule has 2 heterocycles. The summed E-state index contributed by atoms with van der Waals surface area (Å²) in [6.45, 7) is 4.38. The average Bonchev–Trinajstić information content (AvgIpc) is 2.99. The van der Waals surface area contributed by atoms with E-state index in [0.29, 0.717) is 42.2 Å². The van der Waals surface area contributed by atoms with Gasteiger partial charge >= 0.3 is 6.18 Å². The normalized spacial score (nSPS) is 33.3. The summed E-state index contributed by atoms with van der Waals surface area (Å²) in [5, 5.41) is 3.46. The van der Waals surface area contributed by atoms with Crippen molar-refractivity contribution in [3.8, 4) is 0 Å². The van der Waals surface area contributed by atoms with Gasteiger partial charge in [0.05, 0.1) is 5.56 Å². The Morgan fingerprint density at radius 1 is 1.07 bits per heavy atom. The van der Waals surface area contributed by atoms with Gasteiger partial charge in [-0.15, -0.1) is 0 Å². The summed E-state index contributed by atoms with van der Waals surface area (Å²) in [6.07, 6.45) is 0.280. The van der Waals surface area contributed by atoms with Crippen molar-refractivity contribution in [2.45, 2.75) is 70.3 Å². The number of piperidine rings is 1. The van der Waals surface area contributed by atoms with Gasteiger partial charge in [0.2, 0.25) is 5.91 Å². The number of hydrogen-bond acceptors (Lipinski definition) is 2. The van der Waals surface area contributed by atoms with Crippen LogP contribution in [0.15, 0.2) is 24.3 Å². The van der Waals surface area contributed by atoms with Gasteiger partial charge in [-0.2, -0.15) is 13.2 Å². The molecule has 1 aromatic rings. The van der Waals surface area contributed by atoms with E-state index in [2.05, 4.69) is 24.1 Å². The smallest absolute Gasteiger partial charge is 0.382 e. The van der Waals surface area contributed by atoms with Crippen LogP contribution in [-0.4, -0.2) is 28.9 Å². The Morgan fingerprint density at radius 2 is 1.74 bits per heavy atom. The van der Waals surface area contributed by atoms with Crippen LogP contribution in [0.2, 0.25) is 0 Å². The topological polar surface area (TPSA) is 32.3 Å². The molecule has 27 heavy (non-hydrogen) atoms. The number of alkyl halides is 3. The highest BCUT2D eigenvalue weighted by Crippen LogP contribution is 2.49. The fraction of sp³-hybridized carbons (Fsp3) is 0.667. The van der Waals surface area contributed by atoms with Gasteiger partial charge in [-0.25, -0.2) is 0 Å². The third kappa shape index (κ3) is 3.43. The van der Waals surface area contributed by atoms with E-state index in [9.17, 15) is 18.0 Å². The standard InChI is InChI=1S/C21H27F3N2O/c1-12(2)18-11-14-10-17(9-13-3-8-19(27)26(18)20(13)14)25-16-6-4-15(5-7-16)21(22,23)24/h4-7,12-14,17-18,20,25H,3,8-11H2,1-2H3/t13-,14?,17-,18-,20?/m1/s1. The van der Waals surface area contributed by atoms with Crippen LogP contribution in [0.4, 0.5) is 18.9 Å². The molecule has 4 rings (SSSR count). The first kappa shape index (κ1) is 18.6. The van der Waals surface area contributed by atoms with E-state index in [4.69, 9.17) is 0 Å². The number of carbonyl (C=O) groups excluding carboxylic acids is 1. The van der Waals surface area contributed by atoms with Crippen LogP contribution >= 0.6 is 0 Å². The lowest BCUT2D eigenvalue weighted by Crippen LogP contribution is -2.54. The van der Waals surface area contributed by atoms with Gasteiger partial charge in [0, 0.05) is 30.2 Å². The third-order valence-electron chi connectivity index (χ3n) is 6.73. The van der Waals surface area contributed by atoms with Crippen molar-refractivity contribution in [1.82, 2.24) is 4.90 Å². The Bertz CT molecular complexity index is 700. The van der Waals surface area contributed by atoms with Crippen LogP contribution in [0, 0.1) is 17.8 Å². The van der Waals surface area contributed by atoms with Crippen LogP contribution in [0.5, 0.6) is 0 Å². The molecule has 0 bridgehead atoms. The van der Waals surface area contributed by atoms with Crippen LogP contribution in [0.3, 0.4) is 0 Å². The summed E-state index contributed by atoms with van der Waals surface area (Å²) >= 11 is 0. The van der Waals surface area contributed by atoms with E-state index in [1.54, 1.807) is 0 Å². The number of benzene rings is 1. The molecule has 0 aromatic heterocycles. The van der Waals surface area contributed by atoms with Crippen molar-refractivity contribution in [2.24, 2.45) is 17.8 Å². The lowest BCUT2D eigenvalue weighted by atomic mass is 9.71. The van der Waals surface area contributed by atoms with E-state index in [1.165, 1.54) is 12.1 Å². The molecule has 1 amide bonds. The van der Waals surface area contributed by atoms with E-state index < -0.39 is 11.7 Å². The quantitative estimate of drug-likeness (QED) is 0.806. The third-order valence-corrected chi connectivity index (χ3v) is 6.73. The number of carbonyl (C=O) groups is 1. The summed E-state index contributed by atoms with van der Waals surface area (Å²) in [7, 11) is 0. The predicted molar refractivity (Wildman–Crippen MR) is 98.2 cm³/mol. The number of halogens is 3. The first-order valence-corrected chi connectivity index (χ1v) is 9.99. The molecule has 1 aliphatic carbocycles. The molecule has 1 saturated carbocycles. The van der Waals surface area contributed by atoms with E-state index in [0.717, 1.165) is 43.5 Å². The maximum absolute atomic E-state index is 12.7. The number of hydrogen-bond donors (Lipinski definition) is 1. The molecular formula is C21H27F3N2O. The van der Waals surface area contributed by atoms with E-state index in [-0.39, 0.29) is 6.04 Å². The molecule has 1 N–H and O–H groups in total. The monoisotopic (exact) mass is 380 g/mol. The number of nitrogens with one attached hydrogen (secondary N) is 1. The minimum absolute atomic E-state index is 0.258. The van der Waals surface area contributed by atoms with Crippen LogP contribution < -0.4 is 5.32 Å². The maximum Gasteiger partial charge on any atom is 0.416 e. The summed E-state index contributed by atoms with van der Waals surface area (Å²) < 4.78 is 38.2. The molecule has 0 radical (unpaired) electrons. The lowest BCUT2D eigenvalue weighted by Gasteiger charge is -2.46. The summed E-state index contributed by atoms with van der Waals surface area (Å²) in [4.78, 5) is 14.7. The minimum atomic E-state index is -4.30.